The van der Waals surface area contributed by atoms with E-state index in [1.165, 1.54) is 0 Å². The third-order valence-corrected chi connectivity index (χ3v) is 5.49. The summed E-state index contributed by atoms with van der Waals surface area (Å²) in [5.41, 5.74) is -0.933. The molecule has 0 bridgehead atoms. The van der Waals surface area contributed by atoms with Crippen molar-refractivity contribution in [2.75, 3.05) is 14.2 Å². The molecule has 2 rings (SSSR count). The smallest absolute Gasteiger partial charge is 0.130 e. The fourth-order valence-electron chi connectivity index (χ4n) is 4.05. The molecule has 20 heavy (non-hydrogen) atoms. The lowest BCUT2D eigenvalue weighted by molar-refractivity contribution is -0.0717. The van der Waals surface area contributed by atoms with Gasteiger partial charge in [0.15, 0.2) is 0 Å². The lowest BCUT2D eigenvalue weighted by atomic mass is 9.66. The van der Waals surface area contributed by atoms with Gasteiger partial charge in [-0.2, -0.15) is 0 Å². The molecule has 0 radical (unpaired) electrons. The summed E-state index contributed by atoms with van der Waals surface area (Å²) in [4.78, 5) is 0. The van der Waals surface area contributed by atoms with E-state index in [9.17, 15) is 5.11 Å². The van der Waals surface area contributed by atoms with Crippen LogP contribution < -0.4 is 0 Å². The van der Waals surface area contributed by atoms with Crippen LogP contribution in [-0.4, -0.2) is 37.1 Å². The predicted octanol–water partition coefficient (Wildman–Crippen LogP) is 2.76. The molecule has 0 heterocycles. The molecule has 0 aromatic heterocycles. The van der Waals surface area contributed by atoms with Gasteiger partial charge < -0.3 is 14.6 Å². The maximum atomic E-state index is 11.1. The second-order valence-electron chi connectivity index (χ2n) is 6.39. The maximum Gasteiger partial charge on any atom is 0.130 e. The molecule has 0 aromatic carbocycles. The summed E-state index contributed by atoms with van der Waals surface area (Å²) in [6.07, 6.45) is 14.4. The minimum atomic E-state index is -0.933. The van der Waals surface area contributed by atoms with Gasteiger partial charge in [-0.25, -0.2) is 0 Å². The summed E-state index contributed by atoms with van der Waals surface area (Å²) in [5, 5.41) is 11.1. The first-order chi connectivity index (χ1) is 9.63. The number of rotatable bonds is 4. The van der Waals surface area contributed by atoms with E-state index in [2.05, 4.69) is 5.92 Å². The number of methoxy groups -OCH3 is 2. The van der Waals surface area contributed by atoms with E-state index in [1.54, 1.807) is 14.2 Å². The molecule has 2 fully saturated rings. The van der Waals surface area contributed by atoms with Crippen molar-refractivity contribution in [3.63, 3.8) is 0 Å². The molecular formula is C17H28O3. The van der Waals surface area contributed by atoms with Crippen molar-refractivity contribution in [3.8, 4) is 12.3 Å². The first-order valence-electron chi connectivity index (χ1n) is 7.89. The number of terminal acetylenes is 1. The van der Waals surface area contributed by atoms with Crippen molar-refractivity contribution in [3.05, 3.63) is 0 Å². The Morgan fingerprint density at radius 3 is 1.45 bits per heavy atom. The van der Waals surface area contributed by atoms with Crippen molar-refractivity contribution in [1.29, 1.82) is 0 Å². The minimum absolute atomic E-state index is 0.225. The van der Waals surface area contributed by atoms with Crippen molar-refractivity contribution in [2.24, 2.45) is 11.8 Å². The third-order valence-electron chi connectivity index (χ3n) is 5.49. The Kier molecular flexibility index (Phi) is 5.49. The van der Waals surface area contributed by atoms with Gasteiger partial charge in [0.25, 0.3) is 0 Å². The van der Waals surface area contributed by atoms with E-state index in [-0.39, 0.29) is 11.8 Å². The number of ether oxygens (including phenoxy) is 2. The molecule has 2 aliphatic carbocycles. The van der Waals surface area contributed by atoms with Crippen LogP contribution in [0.5, 0.6) is 0 Å². The highest BCUT2D eigenvalue weighted by Gasteiger charge is 2.44. The van der Waals surface area contributed by atoms with E-state index in [1.807, 2.05) is 0 Å². The average molecular weight is 280 g/mol. The van der Waals surface area contributed by atoms with Gasteiger partial charge in [0.2, 0.25) is 0 Å². The van der Waals surface area contributed by atoms with Gasteiger partial charge in [-0.1, -0.05) is 5.92 Å². The summed E-state index contributed by atoms with van der Waals surface area (Å²) in [6.45, 7) is 0. The van der Waals surface area contributed by atoms with Crippen LogP contribution in [0, 0.1) is 24.2 Å². The van der Waals surface area contributed by atoms with Gasteiger partial charge in [0, 0.05) is 14.2 Å². The Morgan fingerprint density at radius 1 is 0.850 bits per heavy atom. The summed E-state index contributed by atoms with van der Waals surface area (Å²) in [5.74, 6) is 3.21. The molecule has 0 amide bonds. The Bertz CT molecular complexity index is 307. The van der Waals surface area contributed by atoms with E-state index < -0.39 is 5.60 Å². The number of hydrogen-bond donors (Lipinski definition) is 1. The normalized spacial score (nSPS) is 37.9. The Hall–Kier alpha value is -0.560. The molecule has 114 valence electrons. The van der Waals surface area contributed by atoms with E-state index in [0.29, 0.717) is 12.2 Å². The second kappa shape index (κ2) is 6.93. The molecule has 0 unspecified atom stereocenters. The van der Waals surface area contributed by atoms with Crippen LogP contribution in [0.25, 0.3) is 0 Å². The minimum Gasteiger partial charge on any atom is -0.381 e. The monoisotopic (exact) mass is 280 g/mol. The van der Waals surface area contributed by atoms with E-state index >= 15 is 0 Å². The van der Waals surface area contributed by atoms with Gasteiger partial charge >= 0.3 is 0 Å². The van der Waals surface area contributed by atoms with Gasteiger partial charge in [0.05, 0.1) is 12.2 Å². The molecule has 2 aliphatic rings. The Labute approximate surface area is 123 Å². The molecule has 0 saturated heterocycles. The predicted molar refractivity (Wildman–Crippen MR) is 79.3 cm³/mol. The number of hydrogen-bond acceptors (Lipinski definition) is 3. The SMILES string of the molecule is C#CC(O)(C1CCC(OC)CC1)C1CCC(OC)CC1. The van der Waals surface area contributed by atoms with Crippen molar-refractivity contribution in [2.45, 2.75) is 69.2 Å². The molecule has 3 heteroatoms. The highest BCUT2D eigenvalue weighted by Crippen LogP contribution is 2.43. The maximum absolute atomic E-state index is 11.1. The van der Waals surface area contributed by atoms with Crippen LogP contribution >= 0.6 is 0 Å². The van der Waals surface area contributed by atoms with Crippen LogP contribution in [0.15, 0.2) is 0 Å². The number of aliphatic hydroxyl groups is 1. The molecule has 1 N–H and O–H groups in total. The van der Waals surface area contributed by atoms with E-state index in [4.69, 9.17) is 15.9 Å². The topological polar surface area (TPSA) is 38.7 Å². The van der Waals surface area contributed by atoms with Gasteiger partial charge in [-0.3, -0.25) is 0 Å². The Balaban J connectivity index is 1.97. The highest BCUT2D eigenvalue weighted by atomic mass is 16.5. The summed E-state index contributed by atoms with van der Waals surface area (Å²) in [6, 6.07) is 0. The quantitative estimate of drug-likeness (QED) is 0.805. The summed E-state index contributed by atoms with van der Waals surface area (Å²) >= 11 is 0. The molecule has 0 atom stereocenters. The fourth-order valence-corrected chi connectivity index (χ4v) is 4.05. The molecule has 0 aromatic rings. The van der Waals surface area contributed by atoms with Gasteiger partial charge in [0.1, 0.15) is 5.60 Å². The Morgan fingerprint density at radius 2 is 1.20 bits per heavy atom. The third kappa shape index (κ3) is 3.19. The summed E-state index contributed by atoms with van der Waals surface area (Å²) < 4.78 is 10.8. The lowest BCUT2D eigenvalue weighted by Gasteiger charge is -2.44. The van der Waals surface area contributed by atoms with Crippen molar-refractivity contribution < 1.29 is 14.6 Å². The standard InChI is InChI=1S/C17H28O3/c1-4-17(18,13-5-9-15(19-2)10-6-13)14-7-11-16(20-3)12-8-14/h1,13-16,18H,5-12H2,2-3H3. The zero-order chi connectivity index (χ0) is 14.6. The van der Waals surface area contributed by atoms with Crippen LogP contribution in [0.4, 0.5) is 0 Å². The molecule has 0 spiro atoms. The van der Waals surface area contributed by atoms with Crippen molar-refractivity contribution in [1.82, 2.24) is 0 Å². The highest BCUT2D eigenvalue weighted by molar-refractivity contribution is 5.15. The molecular weight excluding hydrogens is 252 g/mol. The molecule has 0 aliphatic heterocycles. The first kappa shape index (κ1) is 15.8. The van der Waals surface area contributed by atoms with E-state index in [0.717, 1.165) is 51.4 Å². The van der Waals surface area contributed by atoms with Crippen molar-refractivity contribution >= 4 is 0 Å². The lowest BCUT2D eigenvalue weighted by Crippen LogP contribution is -2.47. The van der Waals surface area contributed by atoms with Crippen LogP contribution in [0.3, 0.4) is 0 Å². The molecule has 3 nitrogen and oxygen atoms in total. The van der Waals surface area contributed by atoms with Crippen LogP contribution in [-0.2, 0) is 9.47 Å². The zero-order valence-corrected chi connectivity index (χ0v) is 12.8. The summed E-state index contributed by atoms with van der Waals surface area (Å²) in [7, 11) is 3.54. The largest absolute Gasteiger partial charge is 0.381 e. The zero-order valence-electron chi connectivity index (χ0n) is 12.8. The second-order valence-corrected chi connectivity index (χ2v) is 6.39. The molecule has 2 saturated carbocycles. The first-order valence-corrected chi connectivity index (χ1v) is 7.89. The van der Waals surface area contributed by atoms with Crippen LogP contribution in [0.2, 0.25) is 0 Å². The van der Waals surface area contributed by atoms with Gasteiger partial charge in [-0.15, -0.1) is 6.42 Å². The fraction of sp³-hybridized carbons (Fsp3) is 0.882. The van der Waals surface area contributed by atoms with Crippen LogP contribution in [0.1, 0.15) is 51.4 Å². The van der Waals surface area contributed by atoms with Gasteiger partial charge in [-0.05, 0) is 63.2 Å². The average Bonchev–Trinajstić information content (AvgIpc) is 2.54.